The van der Waals surface area contributed by atoms with Gasteiger partial charge in [-0.2, -0.15) is 0 Å². The zero-order valence-electron chi connectivity index (χ0n) is 12.1. The van der Waals surface area contributed by atoms with Crippen molar-refractivity contribution in [3.8, 4) is 0 Å². The maximum absolute atomic E-state index is 13.4. The fourth-order valence-corrected chi connectivity index (χ4v) is 2.01. The van der Waals surface area contributed by atoms with Gasteiger partial charge in [-0.3, -0.25) is 0 Å². The SMILES string of the molecule is CC(C)(C)OC(=O)N(Cc1cc(N)cc(F)c1)C1CC1. The Morgan fingerprint density at radius 2 is 2.05 bits per heavy atom. The summed E-state index contributed by atoms with van der Waals surface area (Å²) >= 11 is 0. The van der Waals surface area contributed by atoms with Crippen LogP contribution in [-0.4, -0.2) is 22.6 Å². The fraction of sp³-hybridized carbons (Fsp3) is 0.533. The lowest BCUT2D eigenvalue weighted by Crippen LogP contribution is -2.37. The Morgan fingerprint density at radius 1 is 1.40 bits per heavy atom. The number of hydrogen-bond donors (Lipinski definition) is 1. The largest absolute Gasteiger partial charge is 0.444 e. The third kappa shape index (κ3) is 4.11. The quantitative estimate of drug-likeness (QED) is 0.864. The van der Waals surface area contributed by atoms with Crippen molar-refractivity contribution in [3.63, 3.8) is 0 Å². The molecule has 0 aromatic heterocycles. The number of amides is 1. The van der Waals surface area contributed by atoms with Crippen molar-refractivity contribution in [2.75, 3.05) is 5.73 Å². The number of nitrogen functional groups attached to an aromatic ring is 1. The molecule has 4 nitrogen and oxygen atoms in total. The first kappa shape index (κ1) is 14.6. The van der Waals surface area contributed by atoms with Gasteiger partial charge in [0.05, 0.1) is 0 Å². The second-order valence-corrected chi connectivity index (χ2v) is 6.23. The van der Waals surface area contributed by atoms with Crippen LogP contribution < -0.4 is 5.73 Å². The molecule has 1 fully saturated rings. The summed E-state index contributed by atoms with van der Waals surface area (Å²) in [6.45, 7) is 5.81. The lowest BCUT2D eigenvalue weighted by atomic mass is 10.2. The molecule has 0 aliphatic heterocycles. The predicted octanol–water partition coefficient (Wildman–Crippen LogP) is 3.31. The van der Waals surface area contributed by atoms with Crippen LogP contribution in [0.25, 0.3) is 0 Å². The minimum absolute atomic E-state index is 0.189. The van der Waals surface area contributed by atoms with Gasteiger partial charge in [0, 0.05) is 18.3 Å². The number of hydrogen-bond acceptors (Lipinski definition) is 3. The smallest absolute Gasteiger partial charge is 0.410 e. The summed E-state index contributed by atoms with van der Waals surface area (Å²) in [6.07, 6.45) is 1.57. The zero-order chi connectivity index (χ0) is 14.9. The Kier molecular flexibility index (Phi) is 3.88. The third-order valence-electron chi connectivity index (χ3n) is 2.95. The van der Waals surface area contributed by atoms with E-state index in [0.29, 0.717) is 17.8 Å². The van der Waals surface area contributed by atoms with Crippen LogP contribution in [0.2, 0.25) is 0 Å². The number of nitrogens with zero attached hydrogens (tertiary/aromatic N) is 1. The third-order valence-corrected chi connectivity index (χ3v) is 2.95. The minimum Gasteiger partial charge on any atom is -0.444 e. The van der Waals surface area contributed by atoms with Crippen molar-refractivity contribution < 1.29 is 13.9 Å². The van der Waals surface area contributed by atoms with Crippen molar-refractivity contribution in [1.82, 2.24) is 4.90 Å². The van der Waals surface area contributed by atoms with Gasteiger partial charge in [0.1, 0.15) is 11.4 Å². The molecule has 1 aromatic rings. The van der Waals surface area contributed by atoms with Crippen molar-refractivity contribution in [2.24, 2.45) is 0 Å². The number of anilines is 1. The Morgan fingerprint density at radius 3 is 2.55 bits per heavy atom. The lowest BCUT2D eigenvalue weighted by Gasteiger charge is -2.27. The molecule has 0 heterocycles. The highest BCUT2D eigenvalue weighted by Crippen LogP contribution is 2.30. The van der Waals surface area contributed by atoms with Crippen LogP contribution in [0.5, 0.6) is 0 Å². The van der Waals surface area contributed by atoms with Gasteiger partial charge in [-0.1, -0.05) is 0 Å². The van der Waals surface area contributed by atoms with E-state index in [1.54, 1.807) is 11.0 Å². The van der Waals surface area contributed by atoms with Crippen molar-refractivity contribution in [3.05, 3.63) is 29.6 Å². The highest BCUT2D eigenvalue weighted by Gasteiger charge is 2.35. The van der Waals surface area contributed by atoms with E-state index in [1.165, 1.54) is 12.1 Å². The van der Waals surface area contributed by atoms with Crippen molar-refractivity contribution in [2.45, 2.75) is 51.8 Å². The van der Waals surface area contributed by atoms with Crippen LogP contribution in [0.15, 0.2) is 18.2 Å². The number of carbonyl (C=O) groups excluding carboxylic acids is 1. The van der Waals surface area contributed by atoms with Gasteiger partial charge in [-0.25, -0.2) is 9.18 Å². The molecule has 2 rings (SSSR count). The summed E-state index contributed by atoms with van der Waals surface area (Å²) in [5, 5.41) is 0. The van der Waals surface area contributed by atoms with Crippen LogP contribution in [0.3, 0.4) is 0 Å². The topological polar surface area (TPSA) is 55.6 Å². The monoisotopic (exact) mass is 280 g/mol. The van der Waals surface area contributed by atoms with Gasteiger partial charge in [-0.05, 0) is 57.4 Å². The van der Waals surface area contributed by atoms with Gasteiger partial charge in [0.15, 0.2) is 0 Å². The molecule has 0 radical (unpaired) electrons. The van der Waals surface area contributed by atoms with Crippen LogP contribution in [0, 0.1) is 5.82 Å². The molecule has 1 aliphatic rings. The summed E-state index contributed by atoms with van der Waals surface area (Å²) < 4.78 is 18.7. The van der Waals surface area contributed by atoms with Crippen molar-refractivity contribution in [1.29, 1.82) is 0 Å². The first-order valence-corrected chi connectivity index (χ1v) is 6.79. The second kappa shape index (κ2) is 5.31. The molecule has 20 heavy (non-hydrogen) atoms. The van der Waals surface area contributed by atoms with Gasteiger partial charge in [0.25, 0.3) is 0 Å². The predicted molar refractivity (Wildman–Crippen MR) is 75.6 cm³/mol. The van der Waals surface area contributed by atoms with Crippen LogP contribution in [-0.2, 0) is 11.3 Å². The molecule has 110 valence electrons. The Balaban J connectivity index is 2.11. The Labute approximate surface area is 118 Å². The normalized spacial score (nSPS) is 15.0. The summed E-state index contributed by atoms with van der Waals surface area (Å²) in [5.74, 6) is -0.389. The standard InChI is InChI=1S/C15H21FN2O2/c1-15(2,3)20-14(19)18(13-4-5-13)9-10-6-11(16)8-12(17)7-10/h6-8,13H,4-5,9,17H2,1-3H3. The van der Waals surface area contributed by atoms with E-state index in [2.05, 4.69) is 0 Å². The molecular weight excluding hydrogens is 259 g/mol. The van der Waals surface area contributed by atoms with E-state index in [0.717, 1.165) is 12.8 Å². The molecule has 1 aromatic carbocycles. The maximum atomic E-state index is 13.4. The average molecular weight is 280 g/mol. The molecule has 0 spiro atoms. The Hall–Kier alpha value is -1.78. The first-order chi connectivity index (χ1) is 9.24. The zero-order valence-corrected chi connectivity index (χ0v) is 12.1. The van der Waals surface area contributed by atoms with Gasteiger partial charge in [-0.15, -0.1) is 0 Å². The maximum Gasteiger partial charge on any atom is 0.410 e. The molecule has 1 amide bonds. The van der Waals surface area contributed by atoms with E-state index >= 15 is 0 Å². The highest BCUT2D eigenvalue weighted by atomic mass is 19.1. The summed E-state index contributed by atoms with van der Waals surface area (Å²) in [5.41, 5.74) is 6.14. The number of nitrogens with two attached hydrogens (primary N) is 1. The number of carbonyl (C=O) groups is 1. The van der Waals surface area contributed by atoms with Crippen LogP contribution in [0.1, 0.15) is 39.2 Å². The van der Waals surface area contributed by atoms with E-state index in [4.69, 9.17) is 10.5 Å². The van der Waals surface area contributed by atoms with Gasteiger partial charge in [0.2, 0.25) is 0 Å². The fourth-order valence-electron chi connectivity index (χ4n) is 2.01. The minimum atomic E-state index is -0.537. The molecular formula is C15H21FN2O2. The molecule has 0 saturated heterocycles. The van der Waals surface area contributed by atoms with E-state index in [1.807, 2.05) is 20.8 Å². The first-order valence-electron chi connectivity index (χ1n) is 6.79. The molecule has 0 atom stereocenters. The van der Waals surface area contributed by atoms with Gasteiger partial charge >= 0.3 is 6.09 Å². The highest BCUT2D eigenvalue weighted by molar-refractivity contribution is 5.69. The molecule has 1 saturated carbocycles. The number of halogens is 1. The second-order valence-electron chi connectivity index (χ2n) is 6.23. The van der Waals surface area contributed by atoms with Gasteiger partial charge < -0.3 is 15.4 Å². The summed E-state index contributed by atoms with van der Waals surface area (Å²) in [7, 11) is 0. The molecule has 5 heteroatoms. The number of benzene rings is 1. The van der Waals surface area contributed by atoms with E-state index < -0.39 is 5.60 Å². The van der Waals surface area contributed by atoms with E-state index in [9.17, 15) is 9.18 Å². The average Bonchev–Trinajstić information content (AvgIpc) is 3.05. The lowest BCUT2D eigenvalue weighted by molar-refractivity contribution is 0.0216. The van der Waals surface area contributed by atoms with Crippen molar-refractivity contribution >= 4 is 11.8 Å². The number of rotatable bonds is 3. The summed E-state index contributed by atoms with van der Waals surface area (Å²) in [4.78, 5) is 13.8. The molecule has 0 unspecified atom stereocenters. The molecule has 2 N–H and O–H groups in total. The molecule has 1 aliphatic carbocycles. The molecule has 0 bridgehead atoms. The van der Waals surface area contributed by atoms with Crippen LogP contribution >= 0.6 is 0 Å². The summed E-state index contributed by atoms with van der Waals surface area (Å²) in [6, 6.07) is 4.53. The number of ether oxygens (including phenoxy) is 1. The Bertz CT molecular complexity index is 487. The van der Waals surface area contributed by atoms with Crippen LogP contribution in [0.4, 0.5) is 14.9 Å². The van der Waals surface area contributed by atoms with E-state index in [-0.39, 0.29) is 18.0 Å².